The second-order valence-electron chi connectivity index (χ2n) is 3.20. The van der Waals surface area contributed by atoms with E-state index >= 15 is 0 Å². The average molecular weight is 353 g/mol. The summed E-state index contributed by atoms with van der Waals surface area (Å²) < 4.78 is 27.9. The molecule has 1 aromatic rings. The monoisotopic (exact) mass is 353 g/mol. The number of aromatic amines is 1. The van der Waals surface area contributed by atoms with Crippen molar-refractivity contribution in [3.05, 3.63) is 18.2 Å². The lowest BCUT2D eigenvalue weighted by Crippen LogP contribution is -2.32. The first-order valence-electron chi connectivity index (χ1n) is 4.69. The van der Waals surface area contributed by atoms with E-state index in [1.54, 1.807) is 6.20 Å². The maximum Gasteiger partial charge on any atom is 0.507 e. The summed E-state index contributed by atoms with van der Waals surface area (Å²) in [7, 11) is -9.78. The number of H-pyrrole nitrogens is 1. The minimum atomic E-state index is -5.14. The predicted molar refractivity (Wildman–Crippen MR) is 65.3 cm³/mol. The Hall–Kier alpha value is -1.17. The molecule has 124 valence electrons. The highest BCUT2D eigenvalue weighted by molar-refractivity contribution is 7.45. The fraction of sp³-hybridized carbons (Fsp3) is 0.333. The zero-order valence-corrected chi connectivity index (χ0v) is 11.9. The number of aromatic nitrogens is 2. The number of phosphoric acid groups is 1. The Balaban J connectivity index is 0. The third kappa shape index (κ3) is 27.9. The van der Waals surface area contributed by atoms with Crippen molar-refractivity contribution < 1.29 is 47.7 Å². The largest absolute Gasteiger partial charge is 0.507 e. The molecule has 0 saturated heterocycles. The number of imidazole rings is 1. The van der Waals surface area contributed by atoms with Crippen LogP contribution in [0.4, 0.5) is 4.20 Å². The summed E-state index contributed by atoms with van der Waals surface area (Å²) in [4.78, 5) is 52.3. The van der Waals surface area contributed by atoms with Crippen LogP contribution < -0.4 is 5.73 Å². The molecule has 0 aromatic carbocycles. The van der Waals surface area contributed by atoms with Gasteiger partial charge in [0.15, 0.2) is 0 Å². The van der Waals surface area contributed by atoms with Crippen molar-refractivity contribution in [3.63, 3.8) is 0 Å². The normalized spacial score (nSPS) is 12.3. The highest BCUT2D eigenvalue weighted by Gasteiger charge is 2.12. The van der Waals surface area contributed by atoms with E-state index in [2.05, 4.69) is 9.97 Å². The molecule has 21 heavy (non-hydrogen) atoms. The average Bonchev–Trinajstić information content (AvgIpc) is 2.64. The highest BCUT2D eigenvalue weighted by atomic mass is 31.2. The van der Waals surface area contributed by atoms with Crippen LogP contribution in [0.2, 0.25) is 0 Å². The topological polar surface area (TPSA) is 227 Å². The van der Waals surface area contributed by atoms with Gasteiger partial charge in [-0.15, -0.1) is 4.20 Å². The molecule has 1 heterocycles. The Morgan fingerprint density at radius 2 is 1.71 bits per heavy atom. The third-order valence-corrected chi connectivity index (χ3v) is 1.30. The smallest absolute Gasteiger partial charge is 0.480 e. The molecule has 15 heteroatoms. The molecule has 0 amide bonds. The fourth-order valence-electron chi connectivity index (χ4n) is 0.715. The quantitative estimate of drug-likeness (QED) is 0.291. The van der Waals surface area contributed by atoms with Crippen LogP contribution in [0.5, 0.6) is 0 Å². The van der Waals surface area contributed by atoms with Gasteiger partial charge in [-0.05, 0) is 0 Å². The van der Waals surface area contributed by atoms with Crippen LogP contribution in [-0.2, 0) is 20.3 Å². The van der Waals surface area contributed by atoms with Gasteiger partial charge in [0.2, 0.25) is 0 Å². The van der Waals surface area contributed by atoms with E-state index in [1.165, 1.54) is 6.33 Å². The number of carboxylic acid groups (broad SMARTS) is 1. The Labute approximate surface area is 117 Å². The number of nitrogens with zero attached hydrogens (tertiary/aromatic N) is 1. The summed E-state index contributed by atoms with van der Waals surface area (Å²) in [5.74, 6) is -1.01. The number of hydrogen-bond acceptors (Lipinski definition) is 5. The van der Waals surface area contributed by atoms with Gasteiger partial charge in [-0.2, -0.15) is 0 Å². The van der Waals surface area contributed by atoms with E-state index in [0.29, 0.717) is 5.69 Å². The van der Waals surface area contributed by atoms with Crippen LogP contribution in [-0.4, -0.2) is 51.6 Å². The molecule has 0 fully saturated rings. The van der Waals surface area contributed by atoms with Crippen molar-refractivity contribution in [1.82, 2.24) is 9.97 Å². The van der Waals surface area contributed by atoms with Crippen molar-refractivity contribution in [2.75, 3.05) is 0 Å². The Bertz CT molecular complexity index is 461. The first-order valence-corrected chi connectivity index (χ1v) is 7.76. The summed E-state index contributed by atoms with van der Waals surface area (Å²) in [5.41, 5.74) is 5.92. The van der Waals surface area contributed by atoms with Crippen molar-refractivity contribution in [3.8, 4) is 0 Å². The molecule has 0 saturated carbocycles. The zero-order valence-electron chi connectivity index (χ0n) is 10.1. The minimum absolute atomic E-state index is 0.263. The number of hydrogen-bond donors (Lipinski definition) is 8. The molecule has 0 radical (unpaired) electrons. The maximum absolute atomic E-state index is 10.4. The lowest BCUT2D eigenvalue weighted by atomic mass is 10.2. The number of halogens is 1. The van der Waals surface area contributed by atoms with Gasteiger partial charge in [0.25, 0.3) is 0 Å². The molecular weight excluding hydrogens is 339 g/mol. The van der Waals surface area contributed by atoms with Crippen molar-refractivity contribution in [2.45, 2.75) is 12.5 Å². The molecule has 0 aliphatic heterocycles. The lowest BCUT2D eigenvalue weighted by Gasteiger charge is -2.01. The molecule has 9 N–H and O–H groups in total. The first-order chi connectivity index (χ1) is 9.20. The Kier molecular flexibility index (Phi) is 10.2. The van der Waals surface area contributed by atoms with Gasteiger partial charge in [0.1, 0.15) is 6.04 Å². The van der Waals surface area contributed by atoms with Crippen LogP contribution in [0.1, 0.15) is 5.69 Å². The van der Waals surface area contributed by atoms with Crippen molar-refractivity contribution in [2.24, 2.45) is 5.73 Å². The van der Waals surface area contributed by atoms with Gasteiger partial charge in [0.05, 0.1) is 12.0 Å². The van der Waals surface area contributed by atoms with E-state index < -0.39 is 27.7 Å². The van der Waals surface area contributed by atoms with Gasteiger partial charge in [0, 0.05) is 12.6 Å². The summed E-state index contributed by atoms with van der Waals surface area (Å²) in [6, 6.07) is -0.863. The van der Waals surface area contributed by atoms with Crippen molar-refractivity contribution >= 4 is 21.7 Å². The summed E-state index contributed by atoms with van der Waals surface area (Å²) in [6.45, 7) is 0. The second-order valence-corrected chi connectivity index (χ2v) is 5.17. The first kappa shape index (κ1) is 22.1. The van der Waals surface area contributed by atoms with Gasteiger partial charge in [-0.1, -0.05) is 0 Å². The van der Waals surface area contributed by atoms with Crippen molar-refractivity contribution in [1.29, 1.82) is 0 Å². The van der Waals surface area contributed by atoms with Crippen LogP contribution in [0, 0.1) is 0 Å². The molecule has 0 spiro atoms. The number of aliphatic carboxylic acids is 1. The molecule has 1 atom stereocenters. The summed E-state index contributed by atoms with van der Waals surface area (Å²) in [6.07, 6.45) is 3.38. The van der Waals surface area contributed by atoms with Gasteiger partial charge in [-0.3, -0.25) is 14.6 Å². The standard InChI is InChI=1S/C6H9N3O2.FH2O3P.H3O4P/c7-5(6(10)11)1-4-2-8-3-9-4;2*1-5(2,3)4/h2-3,5H,1,7H2,(H,8,9)(H,10,11);(H2,2,3,4);(H3,1,2,3,4). The number of carboxylic acids is 1. The third-order valence-electron chi connectivity index (χ3n) is 1.30. The maximum atomic E-state index is 10.4. The van der Waals surface area contributed by atoms with Gasteiger partial charge in [-0.25, -0.2) is 14.1 Å². The molecule has 1 unspecified atom stereocenters. The van der Waals surface area contributed by atoms with Crippen LogP contribution in [0.3, 0.4) is 0 Å². The highest BCUT2D eigenvalue weighted by Crippen LogP contribution is 2.35. The summed E-state index contributed by atoms with van der Waals surface area (Å²) >= 11 is 0. The van der Waals surface area contributed by atoms with Gasteiger partial charge >= 0.3 is 21.7 Å². The molecule has 0 aliphatic rings. The van der Waals surface area contributed by atoms with E-state index in [1.807, 2.05) is 0 Å². The number of rotatable bonds is 3. The fourth-order valence-corrected chi connectivity index (χ4v) is 0.715. The summed E-state index contributed by atoms with van der Waals surface area (Å²) in [5, 5.41) is 8.42. The minimum Gasteiger partial charge on any atom is -0.480 e. The van der Waals surface area contributed by atoms with Gasteiger partial charge < -0.3 is 30.5 Å². The molecule has 0 aliphatic carbocycles. The molecule has 0 bridgehead atoms. The van der Waals surface area contributed by atoms with E-state index in [0.717, 1.165) is 0 Å². The van der Waals surface area contributed by atoms with E-state index in [-0.39, 0.29) is 6.42 Å². The molecule has 1 aromatic heterocycles. The predicted octanol–water partition coefficient (Wildman–Crippen LogP) is -1.52. The Morgan fingerprint density at radius 1 is 1.33 bits per heavy atom. The van der Waals surface area contributed by atoms with Crippen LogP contribution >= 0.6 is 15.7 Å². The molecular formula is C6H14FN3O9P2. The number of nitrogens with two attached hydrogens (primary N) is 1. The zero-order chi connectivity index (χ0) is 17.3. The SMILES string of the molecule is NC(Cc1c[nH]cn1)C(=O)O.O=P(O)(O)F.O=P(O)(O)O. The number of nitrogens with one attached hydrogen (secondary N) is 1. The lowest BCUT2D eigenvalue weighted by molar-refractivity contribution is -0.138. The number of carbonyl (C=O) groups is 1. The van der Waals surface area contributed by atoms with E-state index in [9.17, 15) is 8.99 Å². The van der Waals surface area contributed by atoms with Crippen LogP contribution in [0.15, 0.2) is 12.5 Å². The molecule has 1 rings (SSSR count). The van der Waals surface area contributed by atoms with Crippen LogP contribution in [0.25, 0.3) is 0 Å². The second kappa shape index (κ2) is 9.71. The molecule has 12 nitrogen and oxygen atoms in total. The van der Waals surface area contributed by atoms with E-state index in [4.69, 9.17) is 44.4 Å². The Morgan fingerprint density at radius 3 is 1.95 bits per heavy atom.